The topological polar surface area (TPSA) is 137 Å². The first-order valence-electron chi connectivity index (χ1n) is 9.74. The van der Waals surface area contributed by atoms with E-state index in [0.717, 1.165) is 4.88 Å². The Morgan fingerprint density at radius 3 is 2.57 bits per heavy atom. The van der Waals surface area contributed by atoms with Crippen LogP contribution in [0.15, 0.2) is 6.20 Å². The van der Waals surface area contributed by atoms with Gasteiger partial charge in [0.2, 0.25) is 16.0 Å². The predicted octanol–water partition coefficient (Wildman–Crippen LogP) is 0.355. The molecule has 0 spiro atoms. The van der Waals surface area contributed by atoms with Crippen LogP contribution < -0.4 is 10.6 Å². The van der Waals surface area contributed by atoms with Crippen molar-refractivity contribution >= 4 is 32.4 Å². The van der Waals surface area contributed by atoms with Gasteiger partial charge in [0.15, 0.2) is 16.8 Å². The Morgan fingerprint density at radius 2 is 1.93 bits per heavy atom. The Morgan fingerprint density at radius 1 is 1.20 bits per heavy atom. The first kappa shape index (κ1) is 21.3. The maximum absolute atomic E-state index is 11.7. The second-order valence-corrected chi connectivity index (χ2v) is 10.3. The smallest absolute Gasteiger partial charge is 0.229 e. The fourth-order valence-electron chi connectivity index (χ4n) is 3.40. The van der Waals surface area contributed by atoms with E-state index in [2.05, 4.69) is 24.8 Å². The molecule has 2 aromatic heterocycles. The van der Waals surface area contributed by atoms with Crippen molar-refractivity contribution in [2.75, 3.05) is 56.3 Å². The number of nitrogens with two attached hydrogens (primary N) is 1. The summed E-state index contributed by atoms with van der Waals surface area (Å²) >= 11 is 1.32. The van der Waals surface area contributed by atoms with E-state index in [9.17, 15) is 8.42 Å². The van der Waals surface area contributed by atoms with Gasteiger partial charge in [-0.05, 0) is 12.8 Å². The molecule has 13 heteroatoms. The summed E-state index contributed by atoms with van der Waals surface area (Å²) in [5, 5.41) is 0.453. The second kappa shape index (κ2) is 9.06. The first-order chi connectivity index (χ1) is 14.4. The molecule has 0 unspecified atom stereocenters. The molecule has 0 radical (unpaired) electrons. The first-order valence-corrected chi connectivity index (χ1v) is 12.4. The van der Waals surface area contributed by atoms with Crippen LogP contribution in [-0.4, -0.2) is 84.4 Å². The Kier molecular flexibility index (Phi) is 6.43. The van der Waals surface area contributed by atoms with E-state index in [1.165, 1.54) is 21.9 Å². The highest BCUT2D eigenvalue weighted by Gasteiger charge is 2.26. The fraction of sp³-hybridized carbons (Fsp3) is 0.647. The molecule has 0 saturated carbocycles. The molecule has 30 heavy (non-hydrogen) atoms. The molecular formula is C17H25N7O4S2. The summed E-state index contributed by atoms with van der Waals surface area (Å²) in [7, 11) is -3.15. The lowest BCUT2D eigenvalue weighted by Gasteiger charge is -2.30. The Balaban J connectivity index is 1.48. The van der Waals surface area contributed by atoms with Crippen molar-refractivity contribution in [1.82, 2.24) is 24.2 Å². The summed E-state index contributed by atoms with van der Waals surface area (Å²) in [4.78, 5) is 20.7. The van der Waals surface area contributed by atoms with Crippen molar-refractivity contribution in [3.05, 3.63) is 12.0 Å². The number of sulfonamides is 1. The summed E-state index contributed by atoms with van der Waals surface area (Å²) < 4.78 is 36.3. The third kappa shape index (κ3) is 5.21. The SMILES string of the molecule is CS(=O)(=O)N1CCC(OCc2nc(-c3cnc(N)s3)nc(N3CCOCC3)n2)CC1. The van der Waals surface area contributed by atoms with Crippen LogP contribution in [0.4, 0.5) is 11.1 Å². The van der Waals surface area contributed by atoms with Crippen molar-refractivity contribution in [3.8, 4) is 10.7 Å². The summed E-state index contributed by atoms with van der Waals surface area (Å²) in [6.45, 7) is 3.82. The van der Waals surface area contributed by atoms with E-state index in [1.807, 2.05) is 0 Å². The highest BCUT2D eigenvalue weighted by Crippen LogP contribution is 2.26. The Labute approximate surface area is 179 Å². The van der Waals surface area contributed by atoms with Crippen LogP contribution in [0.5, 0.6) is 0 Å². The number of anilines is 2. The second-order valence-electron chi connectivity index (χ2n) is 7.21. The zero-order chi connectivity index (χ0) is 21.1. The van der Waals surface area contributed by atoms with Crippen LogP contribution in [0.25, 0.3) is 10.7 Å². The van der Waals surface area contributed by atoms with E-state index in [0.29, 0.717) is 75.0 Å². The zero-order valence-electron chi connectivity index (χ0n) is 16.7. The molecular weight excluding hydrogens is 430 g/mol. The molecule has 2 fully saturated rings. The summed E-state index contributed by atoms with van der Waals surface area (Å²) in [6, 6.07) is 0. The highest BCUT2D eigenvalue weighted by molar-refractivity contribution is 7.88. The lowest BCUT2D eigenvalue weighted by molar-refractivity contribution is 0.00713. The molecule has 4 heterocycles. The number of morpholine rings is 1. The molecule has 2 saturated heterocycles. The van der Waals surface area contributed by atoms with E-state index in [-0.39, 0.29) is 12.7 Å². The van der Waals surface area contributed by atoms with Crippen molar-refractivity contribution in [1.29, 1.82) is 0 Å². The van der Waals surface area contributed by atoms with Gasteiger partial charge >= 0.3 is 0 Å². The number of nitrogens with zero attached hydrogens (tertiary/aromatic N) is 6. The van der Waals surface area contributed by atoms with Gasteiger partial charge in [-0.3, -0.25) is 0 Å². The molecule has 2 aromatic rings. The van der Waals surface area contributed by atoms with Gasteiger partial charge in [-0.15, -0.1) is 0 Å². The van der Waals surface area contributed by atoms with Gasteiger partial charge in [-0.1, -0.05) is 11.3 Å². The molecule has 2 aliphatic rings. The zero-order valence-corrected chi connectivity index (χ0v) is 18.4. The van der Waals surface area contributed by atoms with Crippen LogP contribution in [0.3, 0.4) is 0 Å². The van der Waals surface area contributed by atoms with Gasteiger partial charge in [-0.25, -0.2) is 22.7 Å². The predicted molar refractivity (Wildman–Crippen MR) is 113 cm³/mol. The molecule has 4 rings (SSSR count). The largest absolute Gasteiger partial charge is 0.378 e. The number of nitrogen functional groups attached to an aromatic ring is 1. The highest BCUT2D eigenvalue weighted by atomic mass is 32.2. The number of thiazole rings is 1. The van der Waals surface area contributed by atoms with Gasteiger partial charge in [-0.2, -0.15) is 9.97 Å². The number of hydrogen-bond acceptors (Lipinski definition) is 11. The van der Waals surface area contributed by atoms with Crippen molar-refractivity contribution in [2.24, 2.45) is 0 Å². The number of aromatic nitrogens is 4. The van der Waals surface area contributed by atoms with E-state index in [4.69, 9.17) is 15.2 Å². The molecule has 0 atom stereocenters. The third-order valence-corrected chi connectivity index (χ3v) is 7.15. The van der Waals surface area contributed by atoms with Gasteiger partial charge in [0, 0.05) is 26.2 Å². The average molecular weight is 456 g/mol. The molecule has 164 valence electrons. The average Bonchev–Trinajstić information content (AvgIpc) is 3.19. The van der Waals surface area contributed by atoms with Crippen LogP contribution in [0, 0.1) is 0 Å². The fourth-order valence-corrected chi connectivity index (χ4v) is 4.89. The maximum Gasteiger partial charge on any atom is 0.229 e. The van der Waals surface area contributed by atoms with Crippen molar-refractivity contribution in [2.45, 2.75) is 25.6 Å². The number of hydrogen-bond donors (Lipinski definition) is 1. The number of ether oxygens (including phenoxy) is 2. The Hall–Kier alpha value is -1.93. The summed E-state index contributed by atoms with van der Waals surface area (Å²) in [5.74, 6) is 1.63. The number of rotatable bonds is 6. The summed E-state index contributed by atoms with van der Waals surface area (Å²) in [5.41, 5.74) is 5.77. The standard InChI is InChI=1S/C17H25N7O4S2/c1-30(25,26)24-4-2-12(3-5-24)28-11-14-20-15(13-10-19-16(18)29-13)22-17(21-14)23-6-8-27-9-7-23/h10,12H,2-9,11H2,1H3,(H2,18,19). The number of piperidine rings is 1. The normalized spacial score (nSPS) is 19.3. The maximum atomic E-state index is 11.7. The van der Waals surface area contributed by atoms with Crippen LogP contribution in [0.2, 0.25) is 0 Å². The van der Waals surface area contributed by atoms with Crippen LogP contribution in [-0.2, 0) is 26.1 Å². The van der Waals surface area contributed by atoms with Crippen molar-refractivity contribution in [3.63, 3.8) is 0 Å². The summed E-state index contributed by atoms with van der Waals surface area (Å²) in [6.07, 6.45) is 4.15. The molecule has 0 aliphatic carbocycles. The van der Waals surface area contributed by atoms with Crippen molar-refractivity contribution < 1.29 is 17.9 Å². The van der Waals surface area contributed by atoms with Crippen LogP contribution in [0.1, 0.15) is 18.7 Å². The van der Waals surface area contributed by atoms with Gasteiger partial charge in [0.05, 0.1) is 36.6 Å². The third-order valence-electron chi connectivity index (χ3n) is 5.03. The van der Waals surface area contributed by atoms with Gasteiger partial charge in [0.25, 0.3) is 0 Å². The van der Waals surface area contributed by atoms with E-state index in [1.54, 1.807) is 6.20 Å². The van der Waals surface area contributed by atoms with Crippen LogP contribution >= 0.6 is 11.3 Å². The molecule has 11 nitrogen and oxygen atoms in total. The molecule has 0 bridgehead atoms. The van der Waals surface area contributed by atoms with E-state index >= 15 is 0 Å². The van der Waals surface area contributed by atoms with E-state index < -0.39 is 10.0 Å². The molecule has 2 aliphatic heterocycles. The van der Waals surface area contributed by atoms with Gasteiger partial charge < -0.3 is 20.1 Å². The monoisotopic (exact) mass is 455 g/mol. The lowest BCUT2D eigenvalue weighted by atomic mass is 10.1. The minimum Gasteiger partial charge on any atom is -0.378 e. The quantitative estimate of drug-likeness (QED) is 0.650. The lowest BCUT2D eigenvalue weighted by Crippen LogP contribution is -2.40. The van der Waals surface area contributed by atoms with Gasteiger partial charge in [0.1, 0.15) is 6.61 Å². The molecule has 0 aromatic carbocycles. The molecule has 0 amide bonds. The minimum absolute atomic E-state index is 0.0332. The molecule has 2 N–H and O–H groups in total. The Bertz CT molecular complexity index is 970. The minimum atomic E-state index is -3.15.